The average molecular weight is 334 g/mol. The van der Waals surface area contributed by atoms with Crippen LogP contribution in [0.15, 0.2) is 24.3 Å². The summed E-state index contributed by atoms with van der Waals surface area (Å²) in [7, 11) is 0. The predicted molar refractivity (Wildman–Crippen MR) is 86.9 cm³/mol. The van der Waals surface area contributed by atoms with Crippen LogP contribution in [0.1, 0.15) is 37.0 Å². The van der Waals surface area contributed by atoms with Gasteiger partial charge >= 0.3 is 5.97 Å². The molecule has 1 aromatic rings. The maximum Gasteiger partial charge on any atom is 0.326 e. The zero-order valence-electron chi connectivity index (χ0n) is 13.8. The van der Waals surface area contributed by atoms with Crippen molar-refractivity contribution in [3.8, 4) is 5.75 Å². The van der Waals surface area contributed by atoms with Crippen LogP contribution in [0, 0.1) is 0 Å². The Morgan fingerprint density at radius 1 is 1.29 bits per heavy atom. The number of carboxylic acids is 1. The monoisotopic (exact) mass is 334 g/mol. The zero-order valence-corrected chi connectivity index (χ0v) is 13.8. The number of benzene rings is 1. The van der Waals surface area contributed by atoms with Gasteiger partial charge < -0.3 is 20.1 Å². The molecule has 1 atom stereocenters. The molecule has 0 heterocycles. The van der Waals surface area contributed by atoms with E-state index in [2.05, 4.69) is 5.32 Å². The van der Waals surface area contributed by atoms with Crippen LogP contribution in [0.3, 0.4) is 0 Å². The van der Waals surface area contributed by atoms with Crippen molar-refractivity contribution in [2.75, 3.05) is 13.2 Å². The largest absolute Gasteiger partial charge is 0.494 e. The average Bonchev–Trinajstić information content (AvgIpc) is 3.38. The summed E-state index contributed by atoms with van der Waals surface area (Å²) in [5, 5.41) is 11.7. The van der Waals surface area contributed by atoms with Crippen LogP contribution in [0.4, 0.5) is 0 Å². The second kappa shape index (κ2) is 7.81. The number of carbonyl (C=O) groups excluding carboxylic acids is 2. The van der Waals surface area contributed by atoms with Gasteiger partial charge in [-0.1, -0.05) is 0 Å². The number of rotatable bonds is 8. The Hall–Kier alpha value is -2.57. The van der Waals surface area contributed by atoms with Crippen LogP contribution >= 0.6 is 0 Å². The van der Waals surface area contributed by atoms with E-state index in [9.17, 15) is 14.4 Å². The molecule has 7 heteroatoms. The second-order valence-corrected chi connectivity index (χ2v) is 5.69. The standard InChI is InChI=1S/C17H22N2O5/c1-3-24-14-8-4-12(5-9-14)16(21)18-10-15(20)19(13-6-7-13)11(2)17(22)23/h4-5,8-9,11,13H,3,6-7,10H2,1-2H3,(H,18,21)(H,22,23). The number of hydrogen-bond acceptors (Lipinski definition) is 4. The molecular formula is C17H22N2O5. The van der Waals surface area contributed by atoms with E-state index in [4.69, 9.17) is 9.84 Å². The van der Waals surface area contributed by atoms with E-state index in [1.807, 2.05) is 6.92 Å². The van der Waals surface area contributed by atoms with Gasteiger partial charge in [-0.15, -0.1) is 0 Å². The number of hydrogen-bond donors (Lipinski definition) is 2. The van der Waals surface area contributed by atoms with Crippen molar-refractivity contribution in [1.82, 2.24) is 10.2 Å². The molecule has 1 aliphatic carbocycles. The molecule has 24 heavy (non-hydrogen) atoms. The number of carboxylic acid groups (broad SMARTS) is 1. The fourth-order valence-electron chi connectivity index (χ4n) is 2.43. The van der Waals surface area contributed by atoms with Crippen molar-refractivity contribution in [2.24, 2.45) is 0 Å². The number of ether oxygens (including phenoxy) is 1. The molecule has 1 fully saturated rings. The molecule has 2 rings (SSSR count). The molecule has 0 aliphatic heterocycles. The van der Waals surface area contributed by atoms with Crippen LogP contribution in [-0.2, 0) is 9.59 Å². The fraction of sp³-hybridized carbons (Fsp3) is 0.471. The van der Waals surface area contributed by atoms with Gasteiger partial charge in [0.05, 0.1) is 13.2 Å². The first-order chi connectivity index (χ1) is 11.4. The normalized spacial score (nSPS) is 14.6. The molecule has 0 bridgehead atoms. The Labute approximate surface area is 140 Å². The zero-order chi connectivity index (χ0) is 17.7. The quantitative estimate of drug-likeness (QED) is 0.746. The van der Waals surface area contributed by atoms with Gasteiger partial charge in [0.1, 0.15) is 11.8 Å². The van der Waals surface area contributed by atoms with E-state index in [0.29, 0.717) is 17.9 Å². The highest BCUT2D eigenvalue weighted by molar-refractivity contribution is 5.97. The highest BCUT2D eigenvalue weighted by Gasteiger charge is 2.38. The summed E-state index contributed by atoms with van der Waals surface area (Å²) in [6, 6.07) is 5.66. The van der Waals surface area contributed by atoms with Crippen LogP contribution in [0.5, 0.6) is 5.75 Å². The Morgan fingerprint density at radius 3 is 2.42 bits per heavy atom. The molecule has 1 aliphatic rings. The van der Waals surface area contributed by atoms with Gasteiger partial charge in [-0.05, 0) is 51.0 Å². The second-order valence-electron chi connectivity index (χ2n) is 5.69. The Kier molecular flexibility index (Phi) is 5.78. The summed E-state index contributed by atoms with van der Waals surface area (Å²) in [6.07, 6.45) is 1.60. The lowest BCUT2D eigenvalue weighted by molar-refractivity contribution is -0.149. The maximum absolute atomic E-state index is 12.3. The number of aliphatic carboxylic acids is 1. The SMILES string of the molecule is CCOc1ccc(C(=O)NCC(=O)N(C2CC2)C(C)C(=O)O)cc1. The molecule has 2 amide bonds. The van der Waals surface area contributed by atoms with Gasteiger partial charge in [0.2, 0.25) is 5.91 Å². The molecule has 1 unspecified atom stereocenters. The topological polar surface area (TPSA) is 95.9 Å². The van der Waals surface area contributed by atoms with Gasteiger partial charge in [-0.3, -0.25) is 9.59 Å². The van der Waals surface area contributed by atoms with E-state index in [1.54, 1.807) is 24.3 Å². The number of amides is 2. The summed E-state index contributed by atoms with van der Waals surface area (Å²) in [4.78, 5) is 36.8. The lowest BCUT2D eigenvalue weighted by Crippen LogP contribution is -2.48. The number of carbonyl (C=O) groups is 3. The highest BCUT2D eigenvalue weighted by atomic mass is 16.5. The molecule has 0 spiro atoms. The van der Waals surface area contributed by atoms with Crippen molar-refractivity contribution < 1.29 is 24.2 Å². The molecule has 1 aromatic carbocycles. The smallest absolute Gasteiger partial charge is 0.326 e. The minimum atomic E-state index is -1.05. The third kappa shape index (κ3) is 4.47. The van der Waals surface area contributed by atoms with Crippen molar-refractivity contribution >= 4 is 17.8 Å². The molecule has 7 nitrogen and oxygen atoms in total. The number of nitrogens with one attached hydrogen (secondary N) is 1. The lowest BCUT2D eigenvalue weighted by atomic mass is 10.2. The summed E-state index contributed by atoms with van der Waals surface area (Å²) in [5.74, 6) is -1.15. The molecule has 2 N–H and O–H groups in total. The highest BCUT2D eigenvalue weighted by Crippen LogP contribution is 2.28. The molecule has 1 saturated carbocycles. The third-order valence-electron chi connectivity index (χ3n) is 3.83. The minimum Gasteiger partial charge on any atom is -0.494 e. The summed E-state index contributed by atoms with van der Waals surface area (Å²) in [6.45, 7) is 3.67. The molecule has 0 aromatic heterocycles. The molecule has 0 saturated heterocycles. The van der Waals surface area contributed by atoms with E-state index < -0.39 is 12.0 Å². The summed E-state index contributed by atoms with van der Waals surface area (Å²) in [5.41, 5.74) is 0.413. The molecule has 0 radical (unpaired) electrons. The van der Waals surface area contributed by atoms with Crippen molar-refractivity contribution in [2.45, 2.75) is 38.8 Å². The number of nitrogens with zero attached hydrogens (tertiary/aromatic N) is 1. The van der Waals surface area contributed by atoms with E-state index >= 15 is 0 Å². The van der Waals surface area contributed by atoms with E-state index in [1.165, 1.54) is 11.8 Å². The van der Waals surface area contributed by atoms with Crippen LogP contribution in [0.2, 0.25) is 0 Å². The lowest BCUT2D eigenvalue weighted by Gasteiger charge is -2.26. The summed E-state index contributed by atoms with van der Waals surface area (Å²) < 4.78 is 5.30. The predicted octanol–water partition coefficient (Wildman–Crippen LogP) is 1.28. The first kappa shape index (κ1) is 17.8. The summed E-state index contributed by atoms with van der Waals surface area (Å²) >= 11 is 0. The minimum absolute atomic E-state index is 0.0361. The molecule has 130 valence electrons. The van der Waals surface area contributed by atoms with Crippen molar-refractivity contribution in [1.29, 1.82) is 0 Å². The van der Waals surface area contributed by atoms with Gasteiger partial charge in [-0.2, -0.15) is 0 Å². The fourth-order valence-corrected chi connectivity index (χ4v) is 2.43. The van der Waals surface area contributed by atoms with E-state index in [0.717, 1.165) is 12.8 Å². The first-order valence-corrected chi connectivity index (χ1v) is 7.99. The first-order valence-electron chi connectivity index (χ1n) is 7.99. The Morgan fingerprint density at radius 2 is 1.92 bits per heavy atom. The van der Waals surface area contributed by atoms with E-state index in [-0.39, 0.29) is 24.4 Å². The van der Waals surface area contributed by atoms with Gasteiger partial charge in [0, 0.05) is 11.6 Å². The van der Waals surface area contributed by atoms with Crippen molar-refractivity contribution in [3.63, 3.8) is 0 Å². The van der Waals surface area contributed by atoms with Gasteiger partial charge in [-0.25, -0.2) is 4.79 Å². The third-order valence-corrected chi connectivity index (χ3v) is 3.83. The Balaban J connectivity index is 1.92. The van der Waals surface area contributed by atoms with Crippen LogP contribution in [0.25, 0.3) is 0 Å². The van der Waals surface area contributed by atoms with Crippen molar-refractivity contribution in [3.05, 3.63) is 29.8 Å². The maximum atomic E-state index is 12.3. The Bertz CT molecular complexity index is 610. The van der Waals surface area contributed by atoms with Crippen LogP contribution in [-0.4, -0.2) is 53.0 Å². The molecular weight excluding hydrogens is 312 g/mol. The van der Waals surface area contributed by atoms with Crippen LogP contribution < -0.4 is 10.1 Å². The van der Waals surface area contributed by atoms with Gasteiger partial charge in [0.15, 0.2) is 0 Å². The van der Waals surface area contributed by atoms with Gasteiger partial charge in [0.25, 0.3) is 5.91 Å².